The van der Waals surface area contributed by atoms with Gasteiger partial charge >= 0.3 is 0 Å². The van der Waals surface area contributed by atoms with Gasteiger partial charge in [0.05, 0.1) is 18.8 Å². The molecule has 5 rings (SSSR count). The number of hydrogen-bond donors (Lipinski definition) is 1. The SMILES string of the molecule is CC[C@H]1CN2CC[C@H]1C[C@H]2NCc1ccnc2ccc(OC)cc12. The van der Waals surface area contributed by atoms with Crippen LogP contribution in [0.5, 0.6) is 5.75 Å². The van der Waals surface area contributed by atoms with Gasteiger partial charge in [-0.05, 0) is 61.1 Å². The van der Waals surface area contributed by atoms with Crippen molar-refractivity contribution >= 4 is 10.9 Å². The lowest BCUT2D eigenvalue weighted by molar-refractivity contribution is -0.0150. The fourth-order valence-electron chi connectivity index (χ4n) is 4.50. The van der Waals surface area contributed by atoms with Crippen molar-refractivity contribution in [3.05, 3.63) is 36.0 Å². The molecule has 1 aromatic carbocycles. The Bertz CT molecular complexity index is 717. The Labute approximate surface area is 144 Å². The molecule has 0 saturated carbocycles. The van der Waals surface area contributed by atoms with Crippen molar-refractivity contribution in [1.82, 2.24) is 15.2 Å². The number of fused-ring (bicyclic) bond motifs is 4. The maximum atomic E-state index is 5.38. The van der Waals surface area contributed by atoms with Gasteiger partial charge in [-0.25, -0.2) is 0 Å². The smallest absolute Gasteiger partial charge is 0.119 e. The molecular weight excluding hydrogens is 298 g/mol. The molecule has 0 spiro atoms. The van der Waals surface area contributed by atoms with Gasteiger partial charge in [0, 0.05) is 24.7 Å². The number of rotatable bonds is 5. The van der Waals surface area contributed by atoms with Crippen LogP contribution in [0, 0.1) is 11.8 Å². The molecule has 2 bridgehead atoms. The maximum absolute atomic E-state index is 5.38. The summed E-state index contributed by atoms with van der Waals surface area (Å²) in [5.41, 5.74) is 2.33. The van der Waals surface area contributed by atoms with Crippen LogP contribution in [0.2, 0.25) is 0 Å². The summed E-state index contributed by atoms with van der Waals surface area (Å²) >= 11 is 0. The third-order valence-corrected chi connectivity index (χ3v) is 5.98. The minimum Gasteiger partial charge on any atom is -0.497 e. The first-order chi connectivity index (χ1) is 11.8. The summed E-state index contributed by atoms with van der Waals surface area (Å²) in [6, 6.07) is 8.23. The van der Waals surface area contributed by atoms with Gasteiger partial charge in [0.2, 0.25) is 0 Å². The van der Waals surface area contributed by atoms with E-state index < -0.39 is 0 Å². The number of ether oxygens (including phenoxy) is 1. The maximum Gasteiger partial charge on any atom is 0.119 e. The zero-order valence-corrected chi connectivity index (χ0v) is 14.7. The molecule has 3 aliphatic rings. The molecule has 4 nitrogen and oxygen atoms in total. The van der Waals surface area contributed by atoms with E-state index in [0.29, 0.717) is 6.17 Å². The predicted molar refractivity (Wildman–Crippen MR) is 97.0 cm³/mol. The Morgan fingerprint density at radius 3 is 3.00 bits per heavy atom. The van der Waals surface area contributed by atoms with Crippen molar-refractivity contribution in [3.63, 3.8) is 0 Å². The second kappa shape index (κ2) is 6.69. The van der Waals surface area contributed by atoms with Crippen LogP contribution < -0.4 is 10.1 Å². The molecule has 0 amide bonds. The average Bonchev–Trinajstić information content (AvgIpc) is 2.66. The molecule has 4 heteroatoms. The lowest BCUT2D eigenvalue weighted by atomic mass is 9.76. The van der Waals surface area contributed by atoms with E-state index in [0.717, 1.165) is 29.6 Å². The van der Waals surface area contributed by atoms with Gasteiger partial charge in [0.1, 0.15) is 5.75 Å². The van der Waals surface area contributed by atoms with Crippen LogP contribution in [-0.4, -0.2) is 36.2 Å². The number of nitrogens with one attached hydrogen (secondary N) is 1. The van der Waals surface area contributed by atoms with Crippen LogP contribution in [0.15, 0.2) is 30.5 Å². The summed E-state index contributed by atoms with van der Waals surface area (Å²) in [6.45, 7) is 5.75. The van der Waals surface area contributed by atoms with Crippen LogP contribution in [0.4, 0.5) is 0 Å². The zero-order chi connectivity index (χ0) is 16.5. The summed E-state index contributed by atoms with van der Waals surface area (Å²) in [7, 11) is 1.71. The Balaban J connectivity index is 1.49. The molecule has 128 valence electrons. The monoisotopic (exact) mass is 325 g/mol. The highest BCUT2D eigenvalue weighted by Crippen LogP contribution is 2.37. The van der Waals surface area contributed by atoms with Gasteiger partial charge in [0.15, 0.2) is 0 Å². The van der Waals surface area contributed by atoms with Crippen LogP contribution in [-0.2, 0) is 6.54 Å². The zero-order valence-electron chi connectivity index (χ0n) is 14.7. The summed E-state index contributed by atoms with van der Waals surface area (Å²) in [4.78, 5) is 7.13. The highest BCUT2D eigenvalue weighted by Gasteiger charge is 2.38. The van der Waals surface area contributed by atoms with Crippen LogP contribution in [0.1, 0.15) is 31.7 Å². The van der Waals surface area contributed by atoms with Crippen molar-refractivity contribution in [2.45, 2.75) is 38.9 Å². The fraction of sp³-hybridized carbons (Fsp3) is 0.550. The van der Waals surface area contributed by atoms with E-state index in [2.05, 4.69) is 34.3 Å². The molecule has 2 aromatic rings. The molecule has 3 saturated heterocycles. The highest BCUT2D eigenvalue weighted by molar-refractivity contribution is 5.83. The van der Waals surface area contributed by atoms with Crippen molar-refractivity contribution < 1.29 is 4.74 Å². The molecule has 4 atom stereocenters. The number of methoxy groups -OCH3 is 1. The first kappa shape index (κ1) is 15.9. The van der Waals surface area contributed by atoms with E-state index >= 15 is 0 Å². The molecule has 1 N–H and O–H groups in total. The third kappa shape index (κ3) is 2.89. The van der Waals surface area contributed by atoms with E-state index in [1.54, 1.807) is 7.11 Å². The van der Waals surface area contributed by atoms with E-state index in [1.165, 1.54) is 43.3 Å². The average molecular weight is 325 g/mol. The first-order valence-electron chi connectivity index (χ1n) is 9.17. The van der Waals surface area contributed by atoms with E-state index in [4.69, 9.17) is 4.74 Å². The van der Waals surface area contributed by atoms with Gasteiger partial charge in [0.25, 0.3) is 0 Å². The molecule has 3 aliphatic heterocycles. The summed E-state index contributed by atoms with van der Waals surface area (Å²) in [5, 5.41) is 4.99. The Morgan fingerprint density at radius 1 is 1.33 bits per heavy atom. The van der Waals surface area contributed by atoms with Gasteiger partial charge < -0.3 is 4.74 Å². The molecule has 1 aromatic heterocycles. The van der Waals surface area contributed by atoms with Crippen molar-refractivity contribution in [1.29, 1.82) is 0 Å². The summed E-state index contributed by atoms with van der Waals surface area (Å²) in [5.74, 6) is 2.71. The molecule has 0 aliphatic carbocycles. The van der Waals surface area contributed by atoms with Crippen LogP contribution in [0.25, 0.3) is 10.9 Å². The molecule has 3 fully saturated rings. The van der Waals surface area contributed by atoms with Gasteiger partial charge in [-0.2, -0.15) is 0 Å². The second-order valence-corrected chi connectivity index (χ2v) is 7.20. The van der Waals surface area contributed by atoms with E-state index in [-0.39, 0.29) is 0 Å². The topological polar surface area (TPSA) is 37.4 Å². The van der Waals surface area contributed by atoms with Crippen molar-refractivity contribution in [3.8, 4) is 5.75 Å². The molecule has 24 heavy (non-hydrogen) atoms. The van der Waals surface area contributed by atoms with E-state index in [1.807, 2.05) is 18.3 Å². The summed E-state index contributed by atoms with van der Waals surface area (Å²) in [6.07, 6.45) is 6.44. The fourth-order valence-corrected chi connectivity index (χ4v) is 4.50. The predicted octanol–water partition coefficient (Wildman–Crippen LogP) is 3.41. The van der Waals surface area contributed by atoms with Crippen LogP contribution in [0.3, 0.4) is 0 Å². The number of piperidine rings is 3. The van der Waals surface area contributed by atoms with Crippen LogP contribution >= 0.6 is 0 Å². The largest absolute Gasteiger partial charge is 0.497 e. The van der Waals surface area contributed by atoms with Gasteiger partial charge in [-0.3, -0.25) is 15.2 Å². The molecule has 0 radical (unpaired) electrons. The van der Waals surface area contributed by atoms with Crippen molar-refractivity contribution in [2.24, 2.45) is 11.8 Å². The molecule has 4 heterocycles. The quantitative estimate of drug-likeness (QED) is 0.914. The lowest BCUT2D eigenvalue weighted by Crippen LogP contribution is -2.58. The van der Waals surface area contributed by atoms with Gasteiger partial charge in [-0.15, -0.1) is 0 Å². The number of nitrogens with zero attached hydrogens (tertiary/aromatic N) is 2. The second-order valence-electron chi connectivity index (χ2n) is 7.20. The third-order valence-electron chi connectivity index (χ3n) is 5.98. The number of benzene rings is 1. The van der Waals surface area contributed by atoms with Gasteiger partial charge in [-0.1, -0.05) is 13.3 Å². The Hall–Kier alpha value is -1.65. The number of hydrogen-bond acceptors (Lipinski definition) is 4. The first-order valence-corrected chi connectivity index (χ1v) is 9.17. The molecule has 1 unspecified atom stereocenters. The molecular formula is C20H27N3O. The van der Waals surface area contributed by atoms with Crippen molar-refractivity contribution in [2.75, 3.05) is 20.2 Å². The number of aromatic nitrogens is 1. The summed E-state index contributed by atoms with van der Waals surface area (Å²) < 4.78 is 5.38. The minimum atomic E-state index is 0.528. The highest BCUT2D eigenvalue weighted by atomic mass is 16.5. The normalized spacial score (nSPS) is 29.1. The minimum absolute atomic E-state index is 0.528. The standard InChI is InChI=1S/C20H27N3O/c1-3-14-13-23-9-7-15(14)10-20(23)22-12-16-6-8-21-19-5-4-17(24-2)11-18(16)19/h4-6,8,11,14-15,20,22H,3,7,9-10,12-13H2,1-2H3/t14-,15-,20-/m0/s1. The Kier molecular flexibility index (Phi) is 4.42. The number of pyridine rings is 1. The van der Waals surface area contributed by atoms with E-state index in [9.17, 15) is 0 Å². The Morgan fingerprint density at radius 2 is 2.25 bits per heavy atom. The lowest BCUT2D eigenvalue weighted by Gasteiger charge is -2.50.